The molecule has 2 rings (SSSR count). The van der Waals surface area contributed by atoms with Crippen molar-refractivity contribution in [2.75, 3.05) is 13.6 Å². The molecule has 6 heteroatoms. The van der Waals surface area contributed by atoms with Crippen molar-refractivity contribution >= 4 is 18.1 Å². The van der Waals surface area contributed by atoms with Crippen LogP contribution in [0.4, 0.5) is 4.39 Å². The smallest absolute Gasteiger partial charge is 0.207 e. The van der Waals surface area contributed by atoms with Crippen molar-refractivity contribution < 1.29 is 12.8 Å². The maximum Gasteiger partial charge on any atom is 0.242 e. The molecule has 26 heavy (non-hydrogen) atoms. The van der Waals surface area contributed by atoms with E-state index in [2.05, 4.69) is 31.1 Å². The van der Waals surface area contributed by atoms with Gasteiger partial charge in [-0.2, -0.15) is 4.31 Å². The van der Waals surface area contributed by atoms with Crippen molar-refractivity contribution in [1.82, 2.24) is 4.31 Å². The highest BCUT2D eigenvalue weighted by molar-refractivity contribution is 7.89. The zero-order valence-corrected chi connectivity index (χ0v) is 17.3. The molecule has 0 heterocycles. The Kier molecular flexibility index (Phi) is 6.40. The molecule has 0 radical (unpaired) electrons. The summed E-state index contributed by atoms with van der Waals surface area (Å²) in [6.45, 7) is 6.60. The molecule has 0 saturated heterocycles. The second kappa shape index (κ2) is 8.17. The minimum Gasteiger partial charge on any atom is -0.207 e. The van der Waals surface area contributed by atoms with Crippen molar-refractivity contribution in [3.8, 4) is 11.5 Å². The lowest BCUT2D eigenvalue weighted by Crippen LogP contribution is -2.31. The lowest BCUT2D eigenvalue weighted by Gasteiger charge is -2.21. The van der Waals surface area contributed by atoms with Gasteiger partial charge in [-0.15, -0.1) is 11.5 Å². The molecule has 0 N–H and O–H groups in total. The third-order valence-corrected chi connectivity index (χ3v) is 6.52. The van der Waals surface area contributed by atoms with Crippen LogP contribution in [0.1, 0.15) is 11.5 Å². The number of hydrogen-bond donors (Lipinski definition) is 0. The summed E-state index contributed by atoms with van der Waals surface area (Å²) in [5, 5.41) is 0. The Morgan fingerprint density at radius 2 is 1.62 bits per heavy atom. The van der Waals surface area contributed by atoms with E-state index in [1.165, 1.54) is 16.4 Å². The van der Waals surface area contributed by atoms with Crippen LogP contribution >= 0.6 is 0 Å². The van der Waals surface area contributed by atoms with Crippen molar-refractivity contribution in [2.45, 2.75) is 30.5 Å². The molecule has 0 fully saturated rings. The summed E-state index contributed by atoms with van der Waals surface area (Å²) in [5.41, 5.74) is 4.12. The fourth-order valence-electron chi connectivity index (χ4n) is 2.36. The van der Waals surface area contributed by atoms with E-state index in [1.54, 1.807) is 49.5 Å². The van der Waals surface area contributed by atoms with Crippen molar-refractivity contribution in [2.24, 2.45) is 0 Å². The zero-order valence-electron chi connectivity index (χ0n) is 15.5. The van der Waals surface area contributed by atoms with E-state index < -0.39 is 18.1 Å². The Labute approximate surface area is 156 Å². The minimum atomic E-state index is -3.60. The molecule has 0 aliphatic heterocycles. The van der Waals surface area contributed by atoms with E-state index in [4.69, 9.17) is 0 Å². The van der Waals surface area contributed by atoms with Crippen LogP contribution in [0.5, 0.6) is 0 Å². The van der Waals surface area contributed by atoms with Gasteiger partial charge in [0.25, 0.3) is 0 Å². The van der Waals surface area contributed by atoms with Crippen LogP contribution in [-0.2, 0) is 10.0 Å². The standard InChI is InChI=1S/C20H24FNO2SSi/c1-22(25(23,24)20-8-6-5-7-9-20)16-18(14-15-26(2,3)4)17-10-12-19(21)13-11-17/h5-13,18H,16H2,1-4H3/t18-/m0/s1. The maximum absolute atomic E-state index is 13.3. The lowest BCUT2D eigenvalue weighted by atomic mass is 10.0. The number of hydrogen-bond acceptors (Lipinski definition) is 2. The number of nitrogens with zero attached hydrogens (tertiary/aromatic N) is 1. The van der Waals surface area contributed by atoms with Gasteiger partial charge in [-0.05, 0) is 29.8 Å². The lowest BCUT2D eigenvalue weighted by molar-refractivity contribution is 0.461. The van der Waals surface area contributed by atoms with Gasteiger partial charge >= 0.3 is 0 Å². The molecule has 0 aliphatic rings. The normalized spacial score (nSPS) is 13.2. The van der Waals surface area contributed by atoms with E-state index in [0.29, 0.717) is 0 Å². The summed E-state index contributed by atoms with van der Waals surface area (Å²) in [5.74, 6) is 2.60. The van der Waals surface area contributed by atoms with E-state index in [9.17, 15) is 12.8 Å². The molecule has 138 valence electrons. The van der Waals surface area contributed by atoms with E-state index in [0.717, 1.165) is 5.56 Å². The molecule has 0 spiro atoms. The third kappa shape index (κ3) is 5.53. The molecule has 0 aliphatic carbocycles. The van der Waals surface area contributed by atoms with Gasteiger partial charge in [-0.3, -0.25) is 0 Å². The number of likely N-dealkylation sites (N-methyl/N-ethyl adjacent to an activating group) is 1. The summed E-state index contributed by atoms with van der Waals surface area (Å²) >= 11 is 0. The molecule has 1 atom stereocenters. The van der Waals surface area contributed by atoms with E-state index >= 15 is 0 Å². The van der Waals surface area contributed by atoms with Crippen LogP contribution in [0.25, 0.3) is 0 Å². The second-order valence-electron chi connectivity index (χ2n) is 7.22. The average molecular weight is 390 g/mol. The zero-order chi connectivity index (χ0) is 19.4. The Morgan fingerprint density at radius 3 is 2.15 bits per heavy atom. The summed E-state index contributed by atoms with van der Waals surface area (Å²) in [6, 6.07) is 14.4. The van der Waals surface area contributed by atoms with Crippen LogP contribution in [0.3, 0.4) is 0 Å². The predicted octanol–water partition coefficient (Wildman–Crippen LogP) is 4.11. The number of benzene rings is 2. The first-order chi connectivity index (χ1) is 12.1. The summed E-state index contributed by atoms with van der Waals surface area (Å²) < 4.78 is 40.1. The molecule has 0 amide bonds. The number of rotatable bonds is 5. The molecule has 3 nitrogen and oxygen atoms in total. The Hall–Kier alpha value is -1.94. The highest BCUT2D eigenvalue weighted by atomic mass is 32.2. The topological polar surface area (TPSA) is 37.4 Å². The molecule has 0 bridgehead atoms. The second-order valence-corrected chi connectivity index (χ2v) is 14.0. The van der Waals surface area contributed by atoms with Crippen LogP contribution in [0.15, 0.2) is 59.5 Å². The van der Waals surface area contributed by atoms with Gasteiger partial charge in [-0.1, -0.05) is 50.0 Å². The first kappa shape index (κ1) is 20.4. The highest BCUT2D eigenvalue weighted by Crippen LogP contribution is 2.21. The predicted molar refractivity (Wildman–Crippen MR) is 107 cm³/mol. The van der Waals surface area contributed by atoms with Crippen LogP contribution < -0.4 is 0 Å². The molecule has 0 aromatic heterocycles. The van der Waals surface area contributed by atoms with Gasteiger partial charge in [0.05, 0.1) is 10.8 Å². The SMILES string of the molecule is CN(C[C@H](C#C[Si](C)(C)C)c1ccc(F)cc1)S(=O)(=O)c1ccccc1. The highest BCUT2D eigenvalue weighted by Gasteiger charge is 2.24. The quantitative estimate of drug-likeness (QED) is 0.570. The van der Waals surface area contributed by atoms with E-state index in [1.807, 2.05) is 0 Å². The van der Waals surface area contributed by atoms with Crippen molar-refractivity contribution in [1.29, 1.82) is 0 Å². The largest absolute Gasteiger partial charge is 0.242 e. The Morgan fingerprint density at radius 1 is 1.04 bits per heavy atom. The minimum absolute atomic E-state index is 0.209. The van der Waals surface area contributed by atoms with Gasteiger partial charge < -0.3 is 0 Å². The molecular formula is C20H24FNO2SSi. The van der Waals surface area contributed by atoms with Crippen LogP contribution in [-0.4, -0.2) is 34.4 Å². The molecule has 0 unspecified atom stereocenters. The molecule has 2 aromatic carbocycles. The summed E-state index contributed by atoms with van der Waals surface area (Å²) in [4.78, 5) is 0.249. The fraction of sp³-hybridized carbons (Fsp3) is 0.300. The van der Waals surface area contributed by atoms with E-state index in [-0.39, 0.29) is 23.2 Å². The Balaban J connectivity index is 2.34. The molecular weight excluding hydrogens is 365 g/mol. The monoisotopic (exact) mass is 389 g/mol. The first-order valence-corrected chi connectivity index (χ1v) is 13.3. The van der Waals surface area contributed by atoms with Gasteiger partial charge in [-0.25, -0.2) is 12.8 Å². The summed E-state index contributed by atoms with van der Waals surface area (Å²) in [6.07, 6.45) is 0. The Bertz CT molecular complexity index is 895. The summed E-state index contributed by atoms with van der Waals surface area (Å²) in [7, 11) is -3.68. The van der Waals surface area contributed by atoms with Crippen molar-refractivity contribution in [3.05, 3.63) is 66.0 Å². The average Bonchev–Trinajstić information content (AvgIpc) is 2.59. The van der Waals surface area contributed by atoms with Gasteiger partial charge in [0.1, 0.15) is 13.9 Å². The van der Waals surface area contributed by atoms with Gasteiger partial charge in [0.2, 0.25) is 10.0 Å². The molecule has 0 saturated carbocycles. The number of sulfonamides is 1. The first-order valence-electron chi connectivity index (χ1n) is 8.39. The van der Waals surface area contributed by atoms with Gasteiger partial charge in [0, 0.05) is 13.6 Å². The number of halogens is 1. The molecule has 2 aromatic rings. The third-order valence-electron chi connectivity index (χ3n) is 3.78. The van der Waals surface area contributed by atoms with Crippen molar-refractivity contribution in [3.63, 3.8) is 0 Å². The van der Waals surface area contributed by atoms with Gasteiger partial charge in [0.15, 0.2) is 0 Å². The van der Waals surface area contributed by atoms with Crippen LogP contribution in [0.2, 0.25) is 19.6 Å². The van der Waals surface area contributed by atoms with Crippen LogP contribution in [0, 0.1) is 17.3 Å². The fourth-order valence-corrected chi connectivity index (χ4v) is 4.17. The maximum atomic E-state index is 13.3.